The van der Waals surface area contributed by atoms with E-state index in [9.17, 15) is 0 Å². The summed E-state index contributed by atoms with van der Waals surface area (Å²) >= 11 is 0. The lowest BCUT2D eigenvalue weighted by molar-refractivity contribution is 0.558. The Labute approximate surface area is 91.8 Å². The third-order valence-electron chi connectivity index (χ3n) is 2.08. The van der Waals surface area contributed by atoms with Crippen LogP contribution in [0.1, 0.15) is 0 Å². The predicted molar refractivity (Wildman–Crippen MR) is 66.8 cm³/mol. The molecule has 0 saturated carbocycles. The van der Waals surface area contributed by atoms with Gasteiger partial charge in [-0.3, -0.25) is 0 Å². The smallest absolute Gasteiger partial charge is 0.242 e. The first kappa shape index (κ1) is 10.2. The minimum Gasteiger partial charge on any atom is -0.544 e. The highest BCUT2D eigenvalue weighted by Gasteiger charge is 2.15. The van der Waals surface area contributed by atoms with Crippen molar-refractivity contribution in [2.45, 2.75) is 19.6 Å². The van der Waals surface area contributed by atoms with E-state index in [0.29, 0.717) is 0 Å². The van der Waals surface area contributed by atoms with Gasteiger partial charge in [-0.05, 0) is 54.7 Å². The molecule has 15 heavy (non-hydrogen) atoms. The summed E-state index contributed by atoms with van der Waals surface area (Å²) in [6.07, 6.45) is 0. The topological polar surface area (TPSA) is 9.23 Å². The molecule has 0 unspecified atom stereocenters. The maximum atomic E-state index is 5.94. The van der Waals surface area contributed by atoms with Crippen molar-refractivity contribution < 1.29 is 4.43 Å². The van der Waals surface area contributed by atoms with E-state index >= 15 is 0 Å². The van der Waals surface area contributed by atoms with Crippen LogP contribution in [0.2, 0.25) is 19.6 Å². The molecule has 0 N–H and O–H groups in total. The van der Waals surface area contributed by atoms with Gasteiger partial charge < -0.3 is 4.43 Å². The number of hydrogen-bond donors (Lipinski definition) is 0. The molecule has 2 aromatic rings. The highest BCUT2D eigenvalue weighted by molar-refractivity contribution is 6.70. The standard InChI is InChI=1S/C13H15OSi/c1-15(2,3)14-13-9-8-11-6-4-5-7-12(11)10-13/h5-10H,1-3H3. The number of benzene rings is 2. The third-order valence-corrected chi connectivity index (χ3v) is 2.93. The summed E-state index contributed by atoms with van der Waals surface area (Å²) < 4.78 is 5.94. The highest BCUT2D eigenvalue weighted by atomic mass is 28.4. The van der Waals surface area contributed by atoms with Gasteiger partial charge in [0.15, 0.2) is 0 Å². The zero-order valence-electron chi connectivity index (χ0n) is 9.37. The van der Waals surface area contributed by atoms with E-state index in [4.69, 9.17) is 4.43 Å². The van der Waals surface area contributed by atoms with Gasteiger partial charge in [-0.2, -0.15) is 0 Å². The zero-order valence-corrected chi connectivity index (χ0v) is 10.4. The van der Waals surface area contributed by atoms with Gasteiger partial charge in [0.25, 0.3) is 0 Å². The van der Waals surface area contributed by atoms with E-state index in [1.807, 2.05) is 18.2 Å². The van der Waals surface area contributed by atoms with E-state index in [1.165, 1.54) is 10.8 Å². The Balaban J connectivity index is 2.39. The van der Waals surface area contributed by atoms with E-state index in [0.717, 1.165) is 5.75 Å². The summed E-state index contributed by atoms with van der Waals surface area (Å²) in [5.74, 6) is 0.980. The van der Waals surface area contributed by atoms with Crippen molar-refractivity contribution in [3.05, 3.63) is 42.5 Å². The molecule has 0 aliphatic rings. The van der Waals surface area contributed by atoms with Crippen molar-refractivity contribution in [2.75, 3.05) is 0 Å². The molecule has 1 radical (unpaired) electrons. The maximum absolute atomic E-state index is 5.94. The van der Waals surface area contributed by atoms with Gasteiger partial charge in [0.2, 0.25) is 8.32 Å². The van der Waals surface area contributed by atoms with Gasteiger partial charge in [0.1, 0.15) is 5.75 Å². The molecule has 0 bridgehead atoms. The fourth-order valence-electron chi connectivity index (χ4n) is 1.52. The molecular formula is C13H15OSi. The van der Waals surface area contributed by atoms with Crippen LogP contribution in [0, 0.1) is 6.07 Å². The minimum atomic E-state index is -1.49. The summed E-state index contributed by atoms with van der Waals surface area (Å²) in [4.78, 5) is 0. The van der Waals surface area contributed by atoms with Gasteiger partial charge in [-0.1, -0.05) is 18.2 Å². The van der Waals surface area contributed by atoms with Crippen LogP contribution in [0.25, 0.3) is 10.8 Å². The minimum absolute atomic E-state index is 0.980. The fourth-order valence-corrected chi connectivity index (χ4v) is 2.36. The van der Waals surface area contributed by atoms with Crippen LogP contribution >= 0.6 is 0 Å². The fraction of sp³-hybridized carbons (Fsp3) is 0.231. The van der Waals surface area contributed by atoms with E-state index in [-0.39, 0.29) is 0 Å². The van der Waals surface area contributed by atoms with Gasteiger partial charge in [-0.25, -0.2) is 0 Å². The van der Waals surface area contributed by atoms with Crippen LogP contribution in [0.3, 0.4) is 0 Å². The van der Waals surface area contributed by atoms with Crippen LogP contribution in [0.15, 0.2) is 36.4 Å². The Morgan fingerprint density at radius 3 is 2.60 bits per heavy atom. The number of fused-ring (bicyclic) bond motifs is 1. The molecular weight excluding hydrogens is 200 g/mol. The third kappa shape index (κ3) is 2.60. The van der Waals surface area contributed by atoms with Crippen LogP contribution in [0.4, 0.5) is 0 Å². The summed E-state index contributed by atoms with van der Waals surface area (Å²) in [5.41, 5.74) is 0. The Morgan fingerprint density at radius 2 is 1.87 bits per heavy atom. The molecule has 0 aliphatic carbocycles. The number of rotatable bonds is 2. The van der Waals surface area contributed by atoms with Crippen LogP contribution in [0.5, 0.6) is 5.75 Å². The molecule has 0 fully saturated rings. The molecule has 0 amide bonds. The molecule has 0 saturated heterocycles. The lowest BCUT2D eigenvalue weighted by atomic mass is 10.1. The quantitative estimate of drug-likeness (QED) is 0.691. The highest BCUT2D eigenvalue weighted by Crippen LogP contribution is 2.22. The molecule has 2 rings (SSSR count). The first-order chi connectivity index (χ1) is 7.04. The summed E-state index contributed by atoms with van der Waals surface area (Å²) in [6, 6.07) is 15.3. The lowest BCUT2D eigenvalue weighted by Gasteiger charge is -2.19. The monoisotopic (exact) mass is 215 g/mol. The van der Waals surface area contributed by atoms with Gasteiger partial charge in [0.05, 0.1) is 0 Å². The molecule has 1 nitrogen and oxygen atoms in total. The van der Waals surface area contributed by atoms with Gasteiger partial charge in [0, 0.05) is 0 Å². The first-order valence-corrected chi connectivity index (χ1v) is 8.54. The largest absolute Gasteiger partial charge is 0.544 e. The molecule has 2 heteroatoms. The molecule has 0 aromatic heterocycles. The second-order valence-electron chi connectivity index (χ2n) is 4.65. The predicted octanol–water partition coefficient (Wildman–Crippen LogP) is 3.85. The maximum Gasteiger partial charge on any atom is 0.242 e. The van der Waals surface area contributed by atoms with Crippen LogP contribution in [-0.4, -0.2) is 8.32 Å². The van der Waals surface area contributed by atoms with Crippen molar-refractivity contribution in [3.8, 4) is 5.75 Å². The molecule has 0 spiro atoms. The average molecular weight is 215 g/mol. The summed E-state index contributed by atoms with van der Waals surface area (Å²) in [7, 11) is -1.49. The van der Waals surface area contributed by atoms with E-state index in [2.05, 4.69) is 43.9 Å². The summed E-state index contributed by atoms with van der Waals surface area (Å²) in [6.45, 7) is 6.57. The van der Waals surface area contributed by atoms with Crippen molar-refractivity contribution in [3.63, 3.8) is 0 Å². The van der Waals surface area contributed by atoms with Crippen molar-refractivity contribution in [2.24, 2.45) is 0 Å². The second-order valence-corrected chi connectivity index (χ2v) is 9.08. The van der Waals surface area contributed by atoms with Crippen molar-refractivity contribution in [1.82, 2.24) is 0 Å². The second kappa shape index (κ2) is 3.70. The van der Waals surface area contributed by atoms with Crippen LogP contribution < -0.4 is 4.43 Å². The Hall–Kier alpha value is -1.28. The van der Waals surface area contributed by atoms with E-state index < -0.39 is 8.32 Å². The normalized spacial score (nSPS) is 11.7. The Kier molecular flexibility index (Phi) is 2.53. The van der Waals surface area contributed by atoms with Crippen molar-refractivity contribution in [1.29, 1.82) is 0 Å². The average Bonchev–Trinajstić information content (AvgIpc) is 2.15. The molecule has 77 valence electrons. The Morgan fingerprint density at radius 1 is 1.07 bits per heavy atom. The zero-order chi connectivity index (χ0) is 10.9. The lowest BCUT2D eigenvalue weighted by Crippen LogP contribution is -2.29. The summed E-state index contributed by atoms with van der Waals surface area (Å²) in [5, 5.41) is 2.42. The SMILES string of the molecule is C[Si](C)(C)Oc1ccc2c[c]ccc2c1. The first-order valence-electron chi connectivity index (χ1n) is 5.13. The molecule has 2 aromatic carbocycles. The van der Waals surface area contributed by atoms with E-state index in [1.54, 1.807) is 0 Å². The molecule has 0 heterocycles. The van der Waals surface area contributed by atoms with Gasteiger partial charge >= 0.3 is 0 Å². The van der Waals surface area contributed by atoms with Crippen molar-refractivity contribution >= 4 is 19.1 Å². The molecule has 0 aliphatic heterocycles. The van der Waals surface area contributed by atoms with Gasteiger partial charge in [-0.15, -0.1) is 0 Å². The number of hydrogen-bond acceptors (Lipinski definition) is 1. The van der Waals surface area contributed by atoms with Crippen LogP contribution in [-0.2, 0) is 0 Å². The molecule has 0 atom stereocenters. The Bertz CT molecular complexity index is 471.